The summed E-state index contributed by atoms with van der Waals surface area (Å²) in [7, 11) is 3.14. The van der Waals surface area contributed by atoms with Crippen molar-refractivity contribution in [2.75, 3.05) is 32.7 Å². The molecule has 0 aliphatic heterocycles. The highest BCUT2D eigenvalue weighted by Gasteiger charge is 2.22. The second-order valence-electron chi connectivity index (χ2n) is 9.64. The minimum absolute atomic E-state index is 0.118. The minimum Gasteiger partial charge on any atom is -0.494 e. The van der Waals surface area contributed by atoms with Crippen molar-refractivity contribution in [2.24, 2.45) is 0 Å². The van der Waals surface area contributed by atoms with Crippen LogP contribution in [0, 0.1) is 0 Å². The highest BCUT2D eigenvalue weighted by molar-refractivity contribution is 5.94. The van der Waals surface area contributed by atoms with E-state index in [9.17, 15) is 9.59 Å². The monoisotopic (exact) mass is 556 g/mol. The average Bonchev–Trinajstić information content (AvgIpc) is 3.40. The normalized spacial score (nSPS) is 10.8. The van der Waals surface area contributed by atoms with E-state index in [1.807, 2.05) is 93.7 Å². The number of imidazole rings is 1. The van der Waals surface area contributed by atoms with Crippen LogP contribution in [0.3, 0.4) is 0 Å². The molecular weight excluding hydrogens is 520 g/mol. The number of nitrogens with zero attached hydrogens (tertiary/aromatic N) is 3. The SMILES string of the molecule is CCOc1ccc(CC(=O)N(CC(=O)Nc2nc(-c3ccccc3)cn2-c2ccc(OC)c(OC)c2)C(C)C)cc1. The van der Waals surface area contributed by atoms with E-state index >= 15 is 0 Å². The van der Waals surface area contributed by atoms with Crippen LogP contribution in [0.15, 0.2) is 79.0 Å². The highest BCUT2D eigenvalue weighted by Crippen LogP contribution is 2.32. The van der Waals surface area contributed by atoms with E-state index in [1.165, 1.54) is 0 Å². The molecule has 0 aliphatic rings. The van der Waals surface area contributed by atoms with Crippen LogP contribution in [0.1, 0.15) is 26.3 Å². The van der Waals surface area contributed by atoms with Crippen LogP contribution in [0.4, 0.5) is 5.95 Å². The van der Waals surface area contributed by atoms with Crippen molar-refractivity contribution in [3.05, 3.63) is 84.6 Å². The first kappa shape index (κ1) is 29.2. The molecular formula is C32H36N4O5. The van der Waals surface area contributed by atoms with Gasteiger partial charge in [-0.15, -0.1) is 0 Å². The predicted molar refractivity (Wildman–Crippen MR) is 159 cm³/mol. The summed E-state index contributed by atoms with van der Waals surface area (Å²) in [6, 6.07) is 22.4. The summed E-state index contributed by atoms with van der Waals surface area (Å²) in [5.74, 6) is 1.71. The fourth-order valence-electron chi connectivity index (χ4n) is 4.41. The zero-order valence-electron chi connectivity index (χ0n) is 24.1. The third-order valence-electron chi connectivity index (χ3n) is 6.52. The standard InChI is InChI=1S/C32H36N4O5/c1-6-41-26-15-12-23(13-16-26)18-31(38)35(22(2)3)21-30(37)34-32-33-27(24-10-8-7-9-11-24)20-36(32)25-14-17-28(39-4)29(19-25)40-5/h7-17,19-20,22H,6,18,21H2,1-5H3,(H,33,34,37). The number of amides is 2. The van der Waals surface area contributed by atoms with Crippen LogP contribution in [-0.2, 0) is 16.0 Å². The fraction of sp³-hybridized carbons (Fsp3) is 0.281. The van der Waals surface area contributed by atoms with Crippen LogP contribution in [-0.4, -0.2) is 59.7 Å². The van der Waals surface area contributed by atoms with Crippen LogP contribution in [0.5, 0.6) is 17.2 Å². The van der Waals surface area contributed by atoms with Gasteiger partial charge in [-0.05, 0) is 50.6 Å². The number of benzene rings is 3. The Hall–Kier alpha value is -4.79. The van der Waals surface area contributed by atoms with E-state index in [2.05, 4.69) is 5.32 Å². The van der Waals surface area contributed by atoms with Crippen LogP contribution >= 0.6 is 0 Å². The predicted octanol–water partition coefficient (Wildman–Crippen LogP) is 5.37. The molecule has 9 nitrogen and oxygen atoms in total. The van der Waals surface area contributed by atoms with E-state index in [0.29, 0.717) is 29.7 Å². The molecule has 0 spiro atoms. The number of nitrogens with one attached hydrogen (secondary N) is 1. The summed E-state index contributed by atoms with van der Waals surface area (Å²) in [5.41, 5.74) is 3.15. The summed E-state index contributed by atoms with van der Waals surface area (Å²) < 4.78 is 18.1. The Kier molecular flexibility index (Phi) is 9.63. The molecule has 1 N–H and O–H groups in total. The Bertz CT molecular complexity index is 1470. The van der Waals surface area contributed by atoms with E-state index in [-0.39, 0.29) is 30.8 Å². The summed E-state index contributed by atoms with van der Waals surface area (Å²) in [6.45, 7) is 6.16. The van der Waals surface area contributed by atoms with Crippen LogP contribution in [0.2, 0.25) is 0 Å². The zero-order chi connectivity index (χ0) is 29.4. The van der Waals surface area contributed by atoms with Gasteiger partial charge >= 0.3 is 0 Å². The number of anilines is 1. The van der Waals surface area contributed by atoms with Crippen molar-refractivity contribution in [1.82, 2.24) is 14.5 Å². The van der Waals surface area contributed by atoms with E-state index < -0.39 is 0 Å². The topological polar surface area (TPSA) is 94.9 Å². The molecule has 1 aromatic heterocycles. The average molecular weight is 557 g/mol. The van der Waals surface area contributed by atoms with Gasteiger partial charge in [0.1, 0.15) is 12.3 Å². The number of hydrogen-bond donors (Lipinski definition) is 1. The molecule has 0 saturated heterocycles. The number of carbonyl (C=O) groups is 2. The van der Waals surface area contributed by atoms with Gasteiger partial charge in [-0.1, -0.05) is 42.5 Å². The smallest absolute Gasteiger partial charge is 0.246 e. The fourth-order valence-corrected chi connectivity index (χ4v) is 4.41. The lowest BCUT2D eigenvalue weighted by Gasteiger charge is -2.26. The van der Waals surface area contributed by atoms with Gasteiger partial charge in [0.2, 0.25) is 17.8 Å². The van der Waals surface area contributed by atoms with Crippen molar-refractivity contribution in [3.63, 3.8) is 0 Å². The number of rotatable bonds is 12. The third-order valence-corrected chi connectivity index (χ3v) is 6.52. The first-order valence-electron chi connectivity index (χ1n) is 13.5. The first-order valence-corrected chi connectivity index (χ1v) is 13.5. The summed E-state index contributed by atoms with van der Waals surface area (Å²) in [5, 5.41) is 2.92. The van der Waals surface area contributed by atoms with Crippen LogP contribution < -0.4 is 19.5 Å². The van der Waals surface area contributed by atoms with E-state index in [1.54, 1.807) is 29.8 Å². The largest absolute Gasteiger partial charge is 0.494 e. The Morgan fingerprint density at radius 1 is 0.951 bits per heavy atom. The van der Waals surface area contributed by atoms with Crippen molar-refractivity contribution in [1.29, 1.82) is 0 Å². The number of hydrogen-bond acceptors (Lipinski definition) is 6. The molecule has 0 atom stereocenters. The Morgan fingerprint density at radius 3 is 2.29 bits per heavy atom. The molecule has 9 heteroatoms. The summed E-state index contributed by atoms with van der Waals surface area (Å²) in [4.78, 5) is 32.9. The minimum atomic E-state index is -0.356. The number of ether oxygens (including phenoxy) is 3. The Morgan fingerprint density at radius 2 is 1.66 bits per heavy atom. The summed E-state index contributed by atoms with van der Waals surface area (Å²) in [6.07, 6.45) is 2.03. The maximum Gasteiger partial charge on any atom is 0.246 e. The van der Waals surface area contributed by atoms with E-state index in [4.69, 9.17) is 19.2 Å². The lowest BCUT2D eigenvalue weighted by atomic mass is 10.1. The number of carbonyl (C=O) groups excluding carboxylic acids is 2. The second-order valence-corrected chi connectivity index (χ2v) is 9.64. The van der Waals surface area contributed by atoms with Crippen LogP contribution in [0.25, 0.3) is 16.9 Å². The lowest BCUT2D eigenvalue weighted by molar-refractivity contribution is -0.135. The molecule has 2 amide bonds. The number of aromatic nitrogens is 2. The quantitative estimate of drug-likeness (QED) is 0.252. The maximum absolute atomic E-state index is 13.3. The van der Waals surface area contributed by atoms with Gasteiger partial charge in [-0.25, -0.2) is 4.98 Å². The molecule has 1 heterocycles. The van der Waals surface area contributed by atoms with Gasteiger partial charge in [0, 0.05) is 23.9 Å². The first-order chi connectivity index (χ1) is 19.8. The summed E-state index contributed by atoms with van der Waals surface area (Å²) >= 11 is 0. The van der Waals surface area contributed by atoms with E-state index in [0.717, 1.165) is 22.6 Å². The molecule has 3 aromatic carbocycles. The molecule has 0 fully saturated rings. The van der Waals surface area contributed by atoms with Gasteiger partial charge in [0.25, 0.3) is 0 Å². The molecule has 4 aromatic rings. The third kappa shape index (κ3) is 7.25. The molecule has 0 radical (unpaired) electrons. The van der Waals surface area contributed by atoms with Gasteiger partial charge in [0.15, 0.2) is 11.5 Å². The molecule has 0 bridgehead atoms. The maximum atomic E-state index is 13.3. The van der Waals surface area contributed by atoms with Crippen molar-refractivity contribution < 1.29 is 23.8 Å². The second kappa shape index (κ2) is 13.5. The molecule has 214 valence electrons. The number of methoxy groups -OCH3 is 2. The Labute approximate surface area is 240 Å². The van der Waals surface area contributed by atoms with Crippen molar-refractivity contribution >= 4 is 17.8 Å². The van der Waals surface area contributed by atoms with Gasteiger partial charge in [0.05, 0.1) is 38.6 Å². The molecule has 0 saturated carbocycles. The zero-order valence-corrected chi connectivity index (χ0v) is 24.1. The molecule has 41 heavy (non-hydrogen) atoms. The Balaban J connectivity index is 1.57. The lowest BCUT2D eigenvalue weighted by Crippen LogP contribution is -2.43. The van der Waals surface area contributed by atoms with Gasteiger partial charge in [-0.2, -0.15) is 0 Å². The van der Waals surface area contributed by atoms with Crippen molar-refractivity contribution in [2.45, 2.75) is 33.2 Å². The van der Waals surface area contributed by atoms with Gasteiger partial charge < -0.3 is 19.1 Å². The molecule has 0 unspecified atom stereocenters. The highest BCUT2D eigenvalue weighted by atomic mass is 16.5. The van der Waals surface area contributed by atoms with Gasteiger partial charge in [-0.3, -0.25) is 19.5 Å². The van der Waals surface area contributed by atoms with Crippen molar-refractivity contribution in [3.8, 4) is 34.2 Å². The molecule has 0 aliphatic carbocycles. The molecule has 4 rings (SSSR count).